The van der Waals surface area contributed by atoms with Crippen molar-refractivity contribution in [1.82, 2.24) is 25.2 Å². The number of halogens is 1. The lowest BCUT2D eigenvalue weighted by molar-refractivity contribution is -0.133. The van der Waals surface area contributed by atoms with Gasteiger partial charge in [0.05, 0.1) is 11.4 Å². The average Bonchev–Trinajstić information content (AvgIpc) is 3.65. The molecule has 4 aromatic rings. The number of anilines is 1. The number of pyridine rings is 1. The fourth-order valence-electron chi connectivity index (χ4n) is 6.26. The second-order valence-electron chi connectivity index (χ2n) is 11.4. The van der Waals surface area contributed by atoms with Gasteiger partial charge in [0, 0.05) is 56.3 Å². The standard InChI is InChI=1S/C31H35ClN6O4/c1-19-18-38(14-10-21(19)23-15-20(32)17-34-31(23)41)27(40)9-6-11-33-26(39)16-25-35-28-22-7-2-3-8-24(22)42-29(28)30(36-25)37-12-4-5-13-37/h2-3,7-8,15,17,19,21H,4-6,9-14,16,18H2,1H3,(H,33,39)(H,34,41). The highest BCUT2D eigenvalue weighted by Crippen LogP contribution is 2.34. The molecule has 0 aliphatic carbocycles. The van der Waals surface area contributed by atoms with Crippen molar-refractivity contribution in [3.63, 3.8) is 0 Å². The van der Waals surface area contributed by atoms with Crippen LogP contribution in [-0.2, 0) is 16.0 Å². The molecule has 2 fully saturated rings. The minimum absolute atomic E-state index is 0.0535. The van der Waals surface area contributed by atoms with Crippen molar-refractivity contribution in [3.8, 4) is 0 Å². The summed E-state index contributed by atoms with van der Waals surface area (Å²) in [5, 5.41) is 4.35. The van der Waals surface area contributed by atoms with Gasteiger partial charge in [-0.25, -0.2) is 9.97 Å². The van der Waals surface area contributed by atoms with Crippen molar-refractivity contribution < 1.29 is 14.0 Å². The first-order valence-corrected chi connectivity index (χ1v) is 15.1. The number of nitrogens with zero attached hydrogens (tertiary/aromatic N) is 4. The third-order valence-electron chi connectivity index (χ3n) is 8.42. The summed E-state index contributed by atoms with van der Waals surface area (Å²) >= 11 is 6.10. The van der Waals surface area contributed by atoms with Crippen LogP contribution in [0.1, 0.15) is 56.3 Å². The number of carbonyl (C=O) groups excluding carboxylic acids is 2. The third-order valence-corrected chi connectivity index (χ3v) is 8.63. The van der Waals surface area contributed by atoms with E-state index in [1.165, 1.54) is 6.20 Å². The number of likely N-dealkylation sites (tertiary alicyclic amines) is 1. The number of amides is 2. The van der Waals surface area contributed by atoms with Gasteiger partial charge in [0.15, 0.2) is 11.4 Å². The molecule has 6 rings (SSSR count). The van der Waals surface area contributed by atoms with Crippen LogP contribution in [-0.4, -0.2) is 64.4 Å². The van der Waals surface area contributed by atoms with Crippen molar-refractivity contribution in [3.05, 3.63) is 63.3 Å². The molecular formula is C31H35ClN6O4. The van der Waals surface area contributed by atoms with E-state index in [9.17, 15) is 14.4 Å². The zero-order valence-corrected chi connectivity index (χ0v) is 24.5. The summed E-state index contributed by atoms with van der Waals surface area (Å²) in [6.45, 7) is 5.43. The maximum Gasteiger partial charge on any atom is 0.251 e. The summed E-state index contributed by atoms with van der Waals surface area (Å²) in [4.78, 5) is 54.3. The molecule has 0 spiro atoms. The highest BCUT2D eigenvalue weighted by atomic mass is 35.5. The normalized spacial score (nSPS) is 19.1. The summed E-state index contributed by atoms with van der Waals surface area (Å²) in [5.41, 5.74) is 2.71. The Morgan fingerprint density at radius 1 is 1.17 bits per heavy atom. The van der Waals surface area contributed by atoms with Gasteiger partial charge >= 0.3 is 0 Å². The van der Waals surface area contributed by atoms with Crippen LogP contribution in [0.5, 0.6) is 0 Å². The quantitative estimate of drug-likeness (QED) is 0.291. The summed E-state index contributed by atoms with van der Waals surface area (Å²) in [6, 6.07) is 9.50. The first kappa shape index (κ1) is 28.2. The number of para-hydroxylation sites is 1. The molecule has 0 bridgehead atoms. The number of aromatic amines is 1. The molecular weight excluding hydrogens is 556 g/mol. The molecule has 0 radical (unpaired) electrons. The maximum absolute atomic E-state index is 12.9. The molecule has 11 heteroatoms. The molecule has 2 N–H and O–H groups in total. The third kappa shape index (κ3) is 5.86. The van der Waals surface area contributed by atoms with Gasteiger partial charge in [0.2, 0.25) is 11.8 Å². The number of H-pyrrole nitrogens is 1. The molecule has 10 nitrogen and oxygen atoms in total. The van der Waals surface area contributed by atoms with Crippen LogP contribution in [0.15, 0.2) is 45.7 Å². The summed E-state index contributed by atoms with van der Waals surface area (Å²) in [7, 11) is 0. The number of benzene rings is 1. The SMILES string of the molecule is CC1CN(C(=O)CCCNC(=O)Cc2nc(N3CCCC3)c3oc4ccccc4c3n2)CCC1c1cc(Cl)c[nH]c1=O. The number of furan rings is 1. The lowest BCUT2D eigenvalue weighted by Gasteiger charge is -2.37. The molecule has 2 saturated heterocycles. The van der Waals surface area contributed by atoms with Gasteiger partial charge < -0.3 is 24.5 Å². The van der Waals surface area contributed by atoms with Gasteiger partial charge in [-0.2, -0.15) is 0 Å². The van der Waals surface area contributed by atoms with Gasteiger partial charge in [-0.15, -0.1) is 0 Å². The first-order chi connectivity index (χ1) is 20.4. The Labute approximate surface area is 248 Å². The second-order valence-corrected chi connectivity index (χ2v) is 11.8. The van der Waals surface area contributed by atoms with Crippen molar-refractivity contribution in [2.75, 3.05) is 37.6 Å². The van der Waals surface area contributed by atoms with E-state index in [2.05, 4.69) is 22.1 Å². The van der Waals surface area contributed by atoms with E-state index >= 15 is 0 Å². The molecule has 1 aromatic carbocycles. The number of piperidine rings is 1. The van der Waals surface area contributed by atoms with Gasteiger partial charge in [-0.05, 0) is 55.7 Å². The number of carbonyl (C=O) groups is 2. The Morgan fingerprint density at radius 2 is 1.98 bits per heavy atom. The lowest BCUT2D eigenvalue weighted by Crippen LogP contribution is -2.43. The van der Waals surface area contributed by atoms with Crippen LogP contribution in [0.2, 0.25) is 5.02 Å². The predicted molar refractivity (Wildman–Crippen MR) is 162 cm³/mol. The van der Waals surface area contributed by atoms with Crippen molar-refractivity contribution in [2.45, 2.75) is 51.4 Å². The maximum atomic E-state index is 12.9. The Kier molecular flexibility index (Phi) is 8.15. The van der Waals surface area contributed by atoms with Crippen LogP contribution >= 0.6 is 11.6 Å². The molecule has 42 heavy (non-hydrogen) atoms. The second kappa shape index (κ2) is 12.1. The zero-order chi connectivity index (χ0) is 29.2. The van der Waals surface area contributed by atoms with Gasteiger partial charge in [-0.1, -0.05) is 30.7 Å². The predicted octanol–water partition coefficient (Wildman–Crippen LogP) is 4.41. The van der Waals surface area contributed by atoms with Gasteiger partial charge in [0.25, 0.3) is 5.56 Å². The molecule has 2 aliphatic rings. The molecule has 0 saturated carbocycles. The monoisotopic (exact) mass is 590 g/mol. The minimum atomic E-state index is -0.178. The summed E-state index contributed by atoms with van der Waals surface area (Å²) < 4.78 is 6.13. The smallest absolute Gasteiger partial charge is 0.251 e. The summed E-state index contributed by atoms with van der Waals surface area (Å²) in [5.74, 6) is 1.29. The fourth-order valence-corrected chi connectivity index (χ4v) is 6.43. The molecule has 3 aromatic heterocycles. The Balaban J connectivity index is 1.02. The van der Waals surface area contributed by atoms with E-state index in [0.717, 1.165) is 48.2 Å². The van der Waals surface area contributed by atoms with E-state index in [1.807, 2.05) is 29.2 Å². The number of hydrogen-bond acceptors (Lipinski definition) is 7. The molecule has 2 atom stereocenters. The first-order valence-electron chi connectivity index (χ1n) is 14.7. The zero-order valence-electron chi connectivity index (χ0n) is 23.7. The van der Waals surface area contributed by atoms with Crippen LogP contribution in [0.25, 0.3) is 22.1 Å². The molecule has 5 heterocycles. The van der Waals surface area contributed by atoms with Gasteiger partial charge in [-0.3, -0.25) is 14.4 Å². The highest BCUT2D eigenvalue weighted by molar-refractivity contribution is 6.30. The number of hydrogen-bond donors (Lipinski definition) is 2. The fraction of sp³-hybridized carbons (Fsp3) is 0.452. The summed E-state index contributed by atoms with van der Waals surface area (Å²) in [6.07, 6.45) is 5.34. The van der Waals surface area contributed by atoms with E-state index in [1.54, 1.807) is 6.07 Å². The number of aromatic nitrogens is 3. The number of nitrogens with one attached hydrogen (secondary N) is 2. The van der Waals surface area contributed by atoms with E-state index in [0.29, 0.717) is 60.9 Å². The molecule has 2 aliphatic heterocycles. The van der Waals surface area contributed by atoms with Crippen LogP contribution in [0.4, 0.5) is 5.82 Å². The Morgan fingerprint density at radius 3 is 2.79 bits per heavy atom. The van der Waals surface area contributed by atoms with E-state index < -0.39 is 0 Å². The molecule has 2 unspecified atom stereocenters. The largest absolute Gasteiger partial charge is 0.450 e. The Bertz CT molecular complexity index is 1680. The van der Waals surface area contributed by atoms with Crippen molar-refractivity contribution in [1.29, 1.82) is 0 Å². The van der Waals surface area contributed by atoms with Crippen LogP contribution in [0.3, 0.4) is 0 Å². The number of fused-ring (bicyclic) bond motifs is 3. The van der Waals surface area contributed by atoms with Crippen molar-refractivity contribution >= 4 is 51.3 Å². The van der Waals surface area contributed by atoms with Gasteiger partial charge in [0.1, 0.15) is 16.9 Å². The van der Waals surface area contributed by atoms with Crippen LogP contribution < -0.4 is 15.8 Å². The van der Waals surface area contributed by atoms with Crippen LogP contribution in [0, 0.1) is 5.92 Å². The minimum Gasteiger partial charge on any atom is -0.450 e. The Hall–Kier alpha value is -3.92. The topological polar surface area (TPSA) is 124 Å². The molecule has 2 amide bonds. The lowest BCUT2D eigenvalue weighted by atomic mass is 9.82. The van der Waals surface area contributed by atoms with E-state index in [4.69, 9.17) is 26.0 Å². The number of rotatable bonds is 8. The average molecular weight is 591 g/mol. The van der Waals surface area contributed by atoms with Crippen molar-refractivity contribution in [2.24, 2.45) is 5.92 Å². The molecule has 220 valence electrons. The van der Waals surface area contributed by atoms with E-state index in [-0.39, 0.29) is 35.6 Å². The highest BCUT2D eigenvalue weighted by Gasteiger charge is 2.31.